The Kier molecular flexibility index (Phi) is 5.65. The van der Waals surface area contributed by atoms with E-state index in [2.05, 4.69) is 49.9 Å². The van der Waals surface area contributed by atoms with Gasteiger partial charge in [-0.1, -0.05) is 18.2 Å². The summed E-state index contributed by atoms with van der Waals surface area (Å²) in [7, 11) is 0. The summed E-state index contributed by atoms with van der Waals surface area (Å²) in [5.41, 5.74) is 1.26. The van der Waals surface area contributed by atoms with Crippen molar-refractivity contribution in [1.29, 1.82) is 0 Å². The van der Waals surface area contributed by atoms with Crippen LogP contribution in [-0.2, 0) is 6.54 Å². The fraction of sp³-hybridized carbons (Fsp3) is 0.471. The van der Waals surface area contributed by atoms with E-state index in [1.807, 2.05) is 6.07 Å². The van der Waals surface area contributed by atoms with Crippen LogP contribution in [0.4, 0.5) is 10.5 Å². The van der Waals surface area contributed by atoms with Gasteiger partial charge in [-0.2, -0.15) is 5.10 Å². The highest BCUT2D eigenvalue weighted by Gasteiger charge is 2.22. The number of amides is 2. The van der Waals surface area contributed by atoms with Crippen LogP contribution >= 0.6 is 0 Å². The zero-order valence-electron chi connectivity index (χ0n) is 13.8. The van der Waals surface area contributed by atoms with Gasteiger partial charge in [-0.3, -0.25) is 4.68 Å². The Morgan fingerprint density at radius 2 is 2.12 bits per heavy atom. The third kappa shape index (κ3) is 4.71. The second-order valence-electron chi connectivity index (χ2n) is 6.09. The molecule has 128 valence electrons. The fourth-order valence-corrected chi connectivity index (χ4v) is 2.96. The van der Waals surface area contributed by atoms with E-state index in [4.69, 9.17) is 0 Å². The Balaban J connectivity index is 1.29. The van der Waals surface area contributed by atoms with Crippen LogP contribution in [0, 0.1) is 5.92 Å². The average molecular weight is 328 g/mol. The quantitative estimate of drug-likeness (QED) is 0.755. The number of nitrogens with zero attached hydrogens (tertiary/aromatic N) is 4. The molecule has 1 atom stereocenters. The lowest BCUT2D eigenvalue weighted by Gasteiger charge is -2.18. The lowest BCUT2D eigenvalue weighted by molar-refractivity contribution is 0.239. The minimum atomic E-state index is -0.0910. The minimum Gasteiger partial charge on any atom is -0.371 e. The van der Waals surface area contributed by atoms with Gasteiger partial charge in [0.1, 0.15) is 12.7 Å². The number of hydrogen-bond acceptors (Lipinski definition) is 4. The molecule has 24 heavy (non-hydrogen) atoms. The Hall–Kier alpha value is -2.57. The van der Waals surface area contributed by atoms with Gasteiger partial charge < -0.3 is 15.5 Å². The van der Waals surface area contributed by atoms with Crippen LogP contribution in [-0.4, -0.2) is 47.0 Å². The first-order chi connectivity index (χ1) is 11.8. The highest BCUT2D eigenvalue weighted by atomic mass is 16.2. The number of anilines is 1. The number of carbonyl (C=O) groups excluding carboxylic acids is 1. The van der Waals surface area contributed by atoms with Gasteiger partial charge in [0.2, 0.25) is 0 Å². The molecule has 0 bridgehead atoms. The lowest BCUT2D eigenvalue weighted by Crippen LogP contribution is -2.39. The van der Waals surface area contributed by atoms with Gasteiger partial charge in [-0.15, -0.1) is 0 Å². The van der Waals surface area contributed by atoms with E-state index in [1.165, 1.54) is 12.0 Å². The summed E-state index contributed by atoms with van der Waals surface area (Å²) in [5.74, 6) is 0.506. The van der Waals surface area contributed by atoms with Crippen LogP contribution in [0.25, 0.3) is 0 Å². The van der Waals surface area contributed by atoms with Crippen molar-refractivity contribution < 1.29 is 4.79 Å². The third-order valence-electron chi connectivity index (χ3n) is 4.27. The molecule has 2 aromatic rings. The molecule has 0 saturated carbocycles. The molecule has 1 fully saturated rings. The predicted molar refractivity (Wildman–Crippen MR) is 92.8 cm³/mol. The molecule has 1 saturated heterocycles. The summed E-state index contributed by atoms with van der Waals surface area (Å²) in [6.45, 7) is 4.16. The molecule has 7 heteroatoms. The van der Waals surface area contributed by atoms with Crippen molar-refractivity contribution in [2.45, 2.75) is 19.4 Å². The first kappa shape index (κ1) is 16.3. The van der Waals surface area contributed by atoms with E-state index in [1.54, 1.807) is 11.0 Å². The number of rotatable bonds is 7. The maximum Gasteiger partial charge on any atom is 0.314 e. The number of para-hydroxylation sites is 1. The number of aromatic nitrogens is 3. The van der Waals surface area contributed by atoms with Crippen LogP contribution in [0.2, 0.25) is 0 Å². The van der Waals surface area contributed by atoms with Crippen molar-refractivity contribution in [2.75, 3.05) is 31.1 Å². The molecule has 0 aliphatic carbocycles. The summed E-state index contributed by atoms with van der Waals surface area (Å²) < 4.78 is 1.76. The summed E-state index contributed by atoms with van der Waals surface area (Å²) in [5, 5.41) is 9.89. The zero-order chi connectivity index (χ0) is 16.6. The molecule has 2 N–H and O–H groups in total. The molecule has 2 amide bonds. The molecule has 0 radical (unpaired) electrons. The van der Waals surface area contributed by atoms with Gasteiger partial charge in [0.15, 0.2) is 0 Å². The van der Waals surface area contributed by atoms with Crippen LogP contribution in [0.15, 0.2) is 43.0 Å². The van der Waals surface area contributed by atoms with Crippen LogP contribution in [0.5, 0.6) is 0 Å². The summed E-state index contributed by atoms with van der Waals surface area (Å²) in [6, 6.07) is 10.3. The monoisotopic (exact) mass is 328 g/mol. The Morgan fingerprint density at radius 3 is 2.92 bits per heavy atom. The number of urea groups is 1. The SMILES string of the molecule is O=C(NCCCn1cncn1)NC[C@H]1CCN(c2ccccc2)C1. The van der Waals surface area contributed by atoms with Gasteiger partial charge in [0.25, 0.3) is 0 Å². The van der Waals surface area contributed by atoms with Gasteiger partial charge in [0, 0.05) is 38.4 Å². The van der Waals surface area contributed by atoms with Crippen molar-refractivity contribution in [3.63, 3.8) is 0 Å². The molecule has 2 heterocycles. The number of hydrogen-bond donors (Lipinski definition) is 2. The van der Waals surface area contributed by atoms with Crippen LogP contribution < -0.4 is 15.5 Å². The van der Waals surface area contributed by atoms with Gasteiger partial charge in [-0.05, 0) is 30.9 Å². The van der Waals surface area contributed by atoms with Gasteiger partial charge in [0.05, 0.1) is 0 Å². The fourth-order valence-electron chi connectivity index (χ4n) is 2.96. The van der Waals surface area contributed by atoms with Crippen LogP contribution in [0.3, 0.4) is 0 Å². The first-order valence-corrected chi connectivity index (χ1v) is 8.45. The van der Waals surface area contributed by atoms with Crippen molar-refractivity contribution >= 4 is 11.7 Å². The Morgan fingerprint density at radius 1 is 1.25 bits per heavy atom. The molecule has 1 aromatic carbocycles. The number of carbonyl (C=O) groups is 1. The molecular formula is C17H24N6O. The van der Waals surface area contributed by atoms with Crippen LogP contribution in [0.1, 0.15) is 12.8 Å². The summed E-state index contributed by atoms with van der Waals surface area (Å²) >= 11 is 0. The second-order valence-corrected chi connectivity index (χ2v) is 6.09. The van der Waals surface area contributed by atoms with E-state index in [0.717, 1.165) is 39.0 Å². The maximum absolute atomic E-state index is 11.8. The van der Waals surface area contributed by atoms with E-state index in [0.29, 0.717) is 12.5 Å². The lowest BCUT2D eigenvalue weighted by atomic mass is 10.1. The second kappa shape index (κ2) is 8.33. The first-order valence-electron chi connectivity index (χ1n) is 8.45. The number of aryl methyl sites for hydroxylation is 1. The Bertz CT molecular complexity index is 615. The normalized spacial score (nSPS) is 17.0. The molecule has 1 aliphatic rings. The van der Waals surface area contributed by atoms with E-state index >= 15 is 0 Å². The largest absolute Gasteiger partial charge is 0.371 e. The summed E-state index contributed by atoms with van der Waals surface area (Å²) in [4.78, 5) is 18.1. The molecule has 0 unspecified atom stereocenters. The predicted octanol–water partition coefficient (Wildman–Crippen LogP) is 1.49. The van der Waals surface area contributed by atoms with Gasteiger partial charge >= 0.3 is 6.03 Å². The van der Waals surface area contributed by atoms with Crippen molar-refractivity contribution in [1.82, 2.24) is 25.4 Å². The van der Waals surface area contributed by atoms with Gasteiger partial charge in [-0.25, -0.2) is 9.78 Å². The highest BCUT2D eigenvalue weighted by Crippen LogP contribution is 2.22. The van der Waals surface area contributed by atoms with Crippen molar-refractivity contribution in [3.05, 3.63) is 43.0 Å². The maximum atomic E-state index is 11.8. The molecular weight excluding hydrogens is 304 g/mol. The number of benzene rings is 1. The van der Waals surface area contributed by atoms with E-state index in [-0.39, 0.29) is 6.03 Å². The number of nitrogens with one attached hydrogen (secondary N) is 2. The molecule has 7 nitrogen and oxygen atoms in total. The molecule has 1 aliphatic heterocycles. The topological polar surface area (TPSA) is 75.1 Å². The smallest absolute Gasteiger partial charge is 0.314 e. The van der Waals surface area contributed by atoms with Crippen molar-refractivity contribution in [2.24, 2.45) is 5.92 Å². The zero-order valence-corrected chi connectivity index (χ0v) is 13.8. The molecule has 3 rings (SSSR count). The minimum absolute atomic E-state index is 0.0910. The van der Waals surface area contributed by atoms with E-state index in [9.17, 15) is 4.79 Å². The van der Waals surface area contributed by atoms with Crippen molar-refractivity contribution in [3.8, 4) is 0 Å². The standard InChI is InChI=1S/C17H24N6O/c24-17(19-8-4-9-23-14-18-13-21-23)20-11-15-7-10-22(12-15)16-5-2-1-3-6-16/h1-3,5-6,13-15H,4,7-12H2,(H2,19,20,24)/t15-/m1/s1. The molecule has 1 aromatic heterocycles. The highest BCUT2D eigenvalue weighted by molar-refractivity contribution is 5.73. The third-order valence-corrected chi connectivity index (χ3v) is 4.27. The molecule has 0 spiro atoms. The summed E-state index contributed by atoms with van der Waals surface area (Å²) in [6.07, 6.45) is 5.14. The van der Waals surface area contributed by atoms with E-state index < -0.39 is 0 Å². The Labute approximate surface area is 142 Å². The average Bonchev–Trinajstić information content (AvgIpc) is 3.29.